The predicted molar refractivity (Wildman–Crippen MR) is 68.2 cm³/mol. The van der Waals surface area contributed by atoms with Crippen molar-refractivity contribution in [1.82, 2.24) is 4.90 Å². The molecule has 0 aromatic heterocycles. The van der Waals surface area contributed by atoms with Crippen LogP contribution in [0, 0.1) is 0 Å². The fourth-order valence-electron chi connectivity index (χ4n) is 2.85. The van der Waals surface area contributed by atoms with Crippen LogP contribution in [-0.2, 0) is 11.2 Å². The minimum Gasteiger partial charge on any atom is -0.326 e. The van der Waals surface area contributed by atoms with Gasteiger partial charge in [-0.1, -0.05) is 12.1 Å². The standard InChI is InChI=1S/C14H18N2O/c1-16-6-4-10(5-7-16)11-2-3-13-12(8-11)9-14(17)15-13/h2-3,8,10H,4-7,9H2,1H3,(H,15,17). The molecule has 2 aliphatic rings. The maximum atomic E-state index is 11.3. The molecule has 17 heavy (non-hydrogen) atoms. The Balaban J connectivity index is 1.81. The number of piperidine rings is 1. The van der Waals surface area contributed by atoms with Crippen molar-refractivity contribution in [3.05, 3.63) is 29.3 Å². The molecule has 0 unspecified atom stereocenters. The van der Waals surface area contributed by atoms with Gasteiger partial charge in [0.1, 0.15) is 0 Å². The van der Waals surface area contributed by atoms with Gasteiger partial charge in [-0.15, -0.1) is 0 Å². The molecule has 0 atom stereocenters. The van der Waals surface area contributed by atoms with E-state index in [0.29, 0.717) is 12.3 Å². The number of nitrogens with one attached hydrogen (secondary N) is 1. The van der Waals surface area contributed by atoms with Crippen LogP contribution in [0.15, 0.2) is 18.2 Å². The molecule has 0 radical (unpaired) electrons. The monoisotopic (exact) mass is 230 g/mol. The lowest BCUT2D eigenvalue weighted by molar-refractivity contribution is -0.115. The SMILES string of the molecule is CN1CCC(c2ccc3c(c2)CC(=O)N3)CC1. The van der Waals surface area contributed by atoms with Crippen LogP contribution in [0.3, 0.4) is 0 Å². The summed E-state index contributed by atoms with van der Waals surface area (Å²) in [7, 11) is 2.18. The van der Waals surface area contributed by atoms with Crippen molar-refractivity contribution >= 4 is 11.6 Å². The van der Waals surface area contributed by atoms with Gasteiger partial charge in [-0.3, -0.25) is 4.79 Å². The van der Waals surface area contributed by atoms with Crippen LogP contribution < -0.4 is 5.32 Å². The van der Waals surface area contributed by atoms with Gasteiger partial charge < -0.3 is 10.2 Å². The fraction of sp³-hybridized carbons (Fsp3) is 0.500. The summed E-state index contributed by atoms with van der Waals surface area (Å²) in [5, 5.41) is 2.89. The summed E-state index contributed by atoms with van der Waals surface area (Å²) >= 11 is 0. The smallest absolute Gasteiger partial charge is 0.228 e. The highest BCUT2D eigenvalue weighted by molar-refractivity contribution is 5.99. The van der Waals surface area contributed by atoms with Crippen molar-refractivity contribution in [1.29, 1.82) is 0 Å². The molecule has 3 heteroatoms. The van der Waals surface area contributed by atoms with E-state index in [1.54, 1.807) is 0 Å². The summed E-state index contributed by atoms with van der Waals surface area (Å²) in [5.74, 6) is 0.799. The van der Waals surface area contributed by atoms with E-state index in [1.807, 2.05) is 0 Å². The van der Waals surface area contributed by atoms with Crippen LogP contribution >= 0.6 is 0 Å². The fourth-order valence-corrected chi connectivity index (χ4v) is 2.85. The van der Waals surface area contributed by atoms with E-state index < -0.39 is 0 Å². The molecule has 1 aromatic rings. The third kappa shape index (κ3) is 2.07. The number of benzene rings is 1. The van der Waals surface area contributed by atoms with Crippen molar-refractivity contribution in [2.75, 3.05) is 25.5 Å². The Bertz CT molecular complexity index is 448. The summed E-state index contributed by atoms with van der Waals surface area (Å²) in [5.41, 5.74) is 3.59. The molecule has 0 saturated carbocycles. The molecule has 0 bridgehead atoms. The van der Waals surface area contributed by atoms with Crippen molar-refractivity contribution < 1.29 is 4.79 Å². The predicted octanol–water partition coefficient (Wildman–Crippen LogP) is 1.99. The van der Waals surface area contributed by atoms with Gasteiger partial charge in [0.25, 0.3) is 0 Å². The van der Waals surface area contributed by atoms with E-state index in [0.717, 1.165) is 5.69 Å². The highest BCUT2D eigenvalue weighted by Crippen LogP contribution is 2.32. The second-order valence-electron chi connectivity index (χ2n) is 5.22. The Morgan fingerprint density at radius 1 is 1.29 bits per heavy atom. The van der Waals surface area contributed by atoms with Gasteiger partial charge in [0.15, 0.2) is 0 Å². The van der Waals surface area contributed by atoms with Crippen LogP contribution in [0.5, 0.6) is 0 Å². The van der Waals surface area contributed by atoms with E-state index in [1.165, 1.54) is 37.1 Å². The molecule has 2 aliphatic heterocycles. The van der Waals surface area contributed by atoms with Gasteiger partial charge >= 0.3 is 0 Å². The van der Waals surface area contributed by atoms with Gasteiger partial charge in [0.05, 0.1) is 6.42 Å². The molecule has 0 spiro atoms. The zero-order valence-corrected chi connectivity index (χ0v) is 10.2. The normalized spacial score (nSPS) is 21.4. The first kappa shape index (κ1) is 10.8. The lowest BCUT2D eigenvalue weighted by Gasteiger charge is -2.29. The minimum absolute atomic E-state index is 0.125. The lowest BCUT2D eigenvalue weighted by Crippen LogP contribution is -2.29. The highest BCUT2D eigenvalue weighted by Gasteiger charge is 2.22. The summed E-state index contributed by atoms with van der Waals surface area (Å²) in [6.45, 7) is 2.36. The minimum atomic E-state index is 0.125. The Kier molecular flexibility index (Phi) is 2.63. The topological polar surface area (TPSA) is 32.3 Å². The van der Waals surface area contributed by atoms with E-state index in [9.17, 15) is 4.79 Å². The van der Waals surface area contributed by atoms with Crippen molar-refractivity contribution in [2.45, 2.75) is 25.2 Å². The van der Waals surface area contributed by atoms with Crippen LogP contribution in [0.1, 0.15) is 29.9 Å². The molecule has 1 fully saturated rings. The zero-order chi connectivity index (χ0) is 11.8. The average Bonchev–Trinajstić information content (AvgIpc) is 2.69. The molecule has 1 aromatic carbocycles. The van der Waals surface area contributed by atoms with Gasteiger partial charge in [-0.2, -0.15) is 0 Å². The van der Waals surface area contributed by atoms with Crippen LogP contribution in [0.4, 0.5) is 5.69 Å². The van der Waals surface area contributed by atoms with E-state index in [4.69, 9.17) is 0 Å². The molecule has 1 saturated heterocycles. The Morgan fingerprint density at radius 2 is 2.06 bits per heavy atom. The molecular formula is C14H18N2O. The number of hydrogen-bond donors (Lipinski definition) is 1. The summed E-state index contributed by atoms with van der Waals surface area (Å²) < 4.78 is 0. The Morgan fingerprint density at radius 3 is 2.82 bits per heavy atom. The number of rotatable bonds is 1. The first-order valence-corrected chi connectivity index (χ1v) is 6.33. The first-order chi connectivity index (χ1) is 8.22. The summed E-state index contributed by atoms with van der Waals surface area (Å²) in [6, 6.07) is 6.47. The van der Waals surface area contributed by atoms with Crippen molar-refractivity contribution in [2.24, 2.45) is 0 Å². The van der Waals surface area contributed by atoms with Gasteiger partial charge in [0.2, 0.25) is 5.91 Å². The van der Waals surface area contributed by atoms with Gasteiger partial charge in [0, 0.05) is 5.69 Å². The van der Waals surface area contributed by atoms with E-state index in [-0.39, 0.29) is 5.91 Å². The number of anilines is 1. The van der Waals surface area contributed by atoms with Gasteiger partial charge in [-0.05, 0) is 56.1 Å². The Labute approximate surface area is 102 Å². The number of likely N-dealkylation sites (tertiary alicyclic amines) is 1. The van der Waals surface area contributed by atoms with E-state index >= 15 is 0 Å². The molecule has 2 heterocycles. The third-order valence-corrected chi connectivity index (χ3v) is 3.94. The quantitative estimate of drug-likeness (QED) is 0.800. The molecule has 0 aliphatic carbocycles. The highest BCUT2D eigenvalue weighted by atomic mass is 16.1. The van der Waals surface area contributed by atoms with Gasteiger partial charge in [-0.25, -0.2) is 0 Å². The number of carbonyl (C=O) groups excluding carboxylic acids is 1. The maximum Gasteiger partial charge on any atom is 0.228 e. The molecule has 3 nitrogen and oxygen atoms in total. The number of hydrogen-bond acceptors (Lipinski definition) is 2. The van der Waals surface area contributed by atoms with Crippen molar-refractivity contribution in [3.63, 3.8) is 0 Å². The lowest BCUT2D eigenvalue weighted by atomic mass is 9.88. The van der Waals surface area contributed by atoms with Crippen molar-refractivity contribution in [3.8, 4) is 0 Å². The maximum absolute atomic E-state index is 11.3. The Hall–Kier alpha value is -1.35. The van der Waals surface area contributed by atoms with E-state index in [2.05, 4.69) is 35.5 Å². The molecule has 3 rings (SSSR count). The third-order valence-electron chi connectivity index (χ3n) is 3.94. The second-order valence-corrected chi connectivity index (χ2v) is 5.22. The zero-order valence-electron chi connectivity index (χ0n) is 10.2. The first-order valence-electron chi connectivity index (χ1n) is 6.33. The molecule has 1 amide bonds. The number of carbonyl (C=O) groups is 1. The summed E-state index contributed by atoms with van der Waals surface area (Å²) in [4.78, 5) is 13.7. The van der Waals surface area contributed by atoms with Crippen LogP contribution in [0.2, 0.25) is 0 Å². The van der Waals surface area contributed by atoms with Crippen LogP contribution in [-0.4, -0.2) is 30.9 Å². The number of nitrogens with zero attached hydrogens (tertiary/aromatic N) is 1. The molecule has 90 valence electrons. The second kappa shape index (κ2) is 4.15. The average molecular weight is 230 g/mol. The number of amides is 1. The molecule has 1 N–H and O–H groups in total. The largest absolute Gasteiger partial charge is 0.326 e. The van der Waals surface area contributed by atoms with Crippen LogP contribution in [0.25, 0.3) is 0 Å². The molecular weight excluding hydrogens is 212 g/mol. The number of fused-ring (bicyclic) bond motifs is 1. The summed E-state index contributed by atoms with van der Waals surface area (Å²) in [6.07, 6.45) is 3.02.